The van der Waals surface area contributed by atoms with Crippen molar-refractivity contribution in [2.24, 2.45) is 22.8 Å². The summed E-state index contributed by atoms with van der Waals surface area (Å²) in [4.78, 5) is 23.0. The van der Waals surface area contributed by atoms with Crippen LogP contribution in [0, 0.1) is 11.3 Å². The van der Waals surface area contributed by atoms with Gasteiger partial charge in [-0.05, 0) is 29.5 Å². The number of primary amides is 1. The molecule has 1 unspecified atom stereocenters. The van der Waals surface area contributed by atoms with Crippen molar-refractivity contribution in [1.82, 2.24) is 0 Å². The van der Waals surface area contributed by atoms with Crippen LogP contribution in [0.2, 0.25) is 0 Å². The van der Waals surface area contributed by atoms with Crippen LogP contribution in [0.1, 0.15) is 32.8 Å². The molecule has 0 radical (unpaired) electrons. The molecule has 0 aromatic heterocycles. The Morgan fingerprint density at radius 2 is 1.76 bits per heavy atom. The number of benzene rings is 1. The summed E-state index contributed by atoms with van der Waals surface area (Å²) in [6, 6.07) is 7.09. The van der Waals surface area contributed by atoms with Crippen molar-refractivity contribution < 1.29 is 9.59 Å². The second-order valence-corrected chi connectivity index (χ2v) is 6.53. The van der Waals surface area contributed by atoms with Crippen molar-refractivity contribution >= 4 is 17.5 Å². The van der Waals surface area contributed by atoms with Crippen molar-refractivity contribution in [3.8, 4) is 0 Å². The predicted molar refractivity (Wildman–Crippen MR) is 84.6 cm³/mol. The lowest BCUT2D eigenvalue weighted by Crippen LogP contribution is -2.32. The van der Waals surface area contributed by atoms with Crippen LogP contribution in [0.4, 0.5) is 5.69 Å². The monoisotopic (exact) mass is 291 g/mol. The van der Waals surface area contributed by atoms with Gasteiger partial charge in [0.05, 0.1) is 12.3 Å². The smallest absolute Gasteiger partial charge is 0.228 e. The molecule has 1 aromatic carbocycles. The molecule has 1 atom stereocenters. The molecule has 0 spiro atoms. The highest BCUT2D eigenvalue weighted by Crippen LogP contribution is 2.25. The lowest BCUT2D eigenvalue weighted by atomic mass is 9.84. The molecule has 5 nitrogen and oxygen atoms in total. The predicted octanol–water partition coefficient (Wildman–Crippen LogP) is 1.66. The van der Waals surface area contributed by atoms with Gasteiger partial charge in [0.1, 0.15) is 0 Å². The maximum atomic E-state index is 12.2. The Labute approximate surface area is 126 Å². The summed E-state index contributed by atoms with van der Waals surface area (Å²) in [7, 11) is 0. The second-order valence-electron chi connectivity index (χ2n) is 6.53. The first-order chi connectivity index (χ1) is 9.71. The third-order valence-electron chi connectivity index (χ3n) is 3.11. The standard InChI is InChI=1S/C16H25N3O2/c1-16(2,3)9-12(10-17)15(21)19-13-6-4-11(5-7-13)8-14(18)20/h4-7,12H,8-10,17H2,1-3H3,(H2,18,20)(H,19,21). The minimum absolute atomic E-state index is 0.0483. The molecule has 0 saturated carbocycles. The number of rotatable bonds is 6. The fraction of sp³-hybridized carbons (Fsp3) is 0.500. The number of hydrogen-bond acceptors (Lipinski definition) is 3. The van der Waals surface area contributed by atoms with Crippen LogP contribution in [0.3, 0.4) is 0 Å². The minimum atomic E-state index is -0.375. The van der Waals surface area contributed by atoms with Gasteiger partial charge in [0.15, 0.2) is 0 Å². The summed E-state index contributed by atoms with van der Waals surface area (Å²) in [5.41, 5.74) is 12.4. The molecule has 0 saturated heterocycles. The van der Waals surface area contributed by atoms with Crippen LogP contribution in [-0.4, -0.2) is 18.4 Å². The summed E-state index contributed by atoms with van der Waals surface area (Å²) in [6.45, 7) is 6.58. The van der Waals surface area contributed by atoms with Gasteiger partial charge in [0.25, 0.3) is 0 Å². The van der Waals surface area contributed by atoms with Gasteiger partial charge < -0.3 is 16.8 Å². The molecular weight excluding hydrogens is 266 g/mol. The topological polar surface area (TPSA) is 98.2 Å². The van der Waals surface area contributed by atoms with E-state index in [4.69, 9.17) is 11.5 Å². The molecule has 1 rings (SSSR count). The Morgan fingerprint density at radius 1 is 1.19 bits per heavy atom. The Kier molecular flexibility index (Phi) is 5.90. The number of amides is 2. The van der Waals surface area contributed by atoms with E-state index in [2.05, 4.69) is 26.1 Å². The molecule has 116 valence electrons. The molecular formula is C16H25N3O2. The van der Waals surface area contributed by atoms with Gasteiger partial charge in [-0.1, -0.05) is 32.9 Å². The van der Waals surface area contributed by atoms with Crippen molar-refractivity contribution in [3.63, 3.8) is 0 Å². The van der Waals surface area contributed by atoms with E-state index < -0.39 is 0 Å². The Hall–Kier alpha value is -1.88. The first-order valence-corrected chi connectivity index (χ1v) is 7.09. The van der Waals surface area contributed by atoms with E-state index in [-0.39, 0.29) is 29.6 Å². The third-order valence-corrected chi connectivity index (χ3v) is 3.11. The van der Waals surface area contributed by atoms with Gasteiger partial charge in [-0.15, -0.1) is 0 Å². The summed E-state index contributed by atoms with van der Waals surface area (Å²) in [5, 5.41) is 2.86. The van der Waals surface area contributed by atoms with Crippen LogP contribution in [-0.2, 0) is 16.0 Å². The first-order valence-electron chi connectivity index (χ1n) is 7.09. The van der Waals surface area contributed by atoms with Crippen LogP contribution in [0.5, 0.6) is 0 Å². The lowest BCUT2D eigenvalue weighted by Gasteiger charge is -2.24. The zero-order valence-electron chi connectivity index (χ0n) is 13.0. The minimum Gasteiger partial charge on any atom is -0.369 e. The molecule has 0 fully saturated rings. The third kappa shape index (κ3) is 6.40. The largest absolute Gasteiger partial charge is 0.369 e. The fourth-order valence-corrected chi connectivity index (χ4v) is 2.17. The quantitative estimate of drug-likeness (QED) is 0.743. The molecule has 0 bridgehead atoms. The maximum Gasteiger partial charge on any atom is 0.228 e. The molecule has 0 aliphatic rings. The molecule has 5 N–H and O–H groups in total. The van der Waals surface area contributed by atoms with Crippen LogP contribution in [0.15, 0.2) is 24.3 Å². The van der Waals surface area contributed by atoms with Gasteiger partial charge in [-0.2, -0.15) is 0 Å². The highest BCUT2D eigenvalue weighted by atomic mass is 16.2. The molecule has 21 heavy (non-hydrogen) atoms. The summed E-state index contributed by atoms with van der Waals surface area (Å²) < 4.78 is 0. The molecule has 1 aromatic rings. The Bertz CT molecular complexity index is 489. The van der Waals surface area contributed by atoms with Gasteiger partial charge in [0.2, 0.25) is 11.8 Å². The van der Waals surface area contributed by atoms with Crippen molar-refractivity contribution in [1.29, 1.82) is 0 Å². The number of carbonyl (C=O) groups excluding carboxylic acids is 2. The van der Waals surface area contributed by atoms with E-state index in [1.807, 2.05) is 0 Å². The van der Waals surface area contributed by atoms with Gasteiger partial charge >= 0.3 is 0 Å². The van der Waals surface area contributed by atoms with Crippen LogP contribution < -0.4 is 16.8 Å². The zero-order chi connectivity index (χ0) is 16.0. The number of carbonyl (C=O) groups is 2. The summed E-state index contributed by atoms with van der Waals surface area (Å²) >= 11 is 0. The van der Waals surface area contributed by atoms with Gasteiger partial charge in [-0.25, -0.2) is 0 Å². The number of nitrogens with one attached hydrogen (secondary N) is 1. The number of nitrogens with two attached hydrogens (primary N) is 2. The Balaban J connectivity index is 2.66. The Morgan fingerprint density at radius 3 is 2.19 bits per heavy atom. The van der Waals surface area contributed by atoms with E-state index in [0.29, 0.717) is 12.2 Å². The number of anilines is 1. The second kappa shape index (κ2) is 7.22. The van der Waals surface area contributed by atoms with E-state index in [1.54, 1.807) is 24.3 Å². The normalized spacial score (nSPS) is 12.8. The van der Waals surface area contributed by atoms with E-state index in [9.17, 15) is 9.59 Å². The molecule has 0 aliphatic carbocycles. The average molecular weight is 291 g/mol. The van der Waals surface area contributed by atoms with Crippen LogP contribution >= 0.6 is 0 Å². The SMILES string of the molecule is CC(C)(C)CC(CN)C(=O)Nc1ccc(CC(N)=O)cc1. The molecule has 0 heterocycles. The first kappa shape index (κ1) is 17.2. The molecule has 5 heteroatoms. The lowest BCUT2D eigenvalue weighted by molar-refractivity contribution is -0.120. The fourth-order valence-electron chi connectivity index (χ4n) is 2.17. The van der Waals surface area contributed by atoms with E-state index in [0.717, 1.165) is 12.0 Å². The van der Waals surface area contributed by atoms with Gasteiger partial charge in [-0.3, -0.25) is 9.59 Å². The average Bonchev–Trinajstić information content (AvgIpc) is 2.36. The van der Waals surface area contributed by atoms with Crippen molar-refractivity contribution in [2.45, 2.75) is 33.6 Å². The zero-order valence-corrected chi connectivity index (χ0v) is 13.0. The van der Waals surface area contributed by atoms with E-state index >= 15 is 0 Å². The van der Waals surface area contributed by atoms with Crippen molar-refractivity contribution in [3.05, 3.63) is 29.8 Å². The van der Waals surface area contributed by atoms with Gasteiger partial charge in [0, 0.05) is 12.2 Å². The highest BCUT2D eigenvalue weighted by Gasteiger charge is 2.23. The van der Waals surface area contributed by atoms with Crippen LogP contribution in [0.25, 0.3) is 0 Å². The summed E-state index contributed by atoms with van der Waals surface area (Å²) in [5.74, 6) is -0.662. The number of hydrogen-bond donors (Lipinski definition) is 3. The van der Waals surface area contributed by atoms with E-state index in [1.165, 1.54) is 0 Å². The maximum absolute atomic E-state index is 12.2. The molecule has 0 aliphatic heterocycles. The highest BCUT2D eigenvalue weighted by molar-refractivity contribution is 5.92. The summed E-state index contributed by atoms with van der Waals surface area (Å²) in [6.07, 6.45) is 0.929. The molecule has 2 amide bonds. The van der Waals surface area contributed by atoms with Crippen molar-refractivity contribution in [2.75, 3.05) is 11.9 Å².